The van der Waals surface area contributed by atoms with E-state index in [1.807, 2.05) is 37.4 Å². The van der Waals surface area contributed by atoms with Gasteiger partial charge in [-0.15, -0.1) is 0 Å². The van der Waals surface area contributed by atoms with E-state index in [1.54, 1.807) is 18.0 Å². The van der Waals surface area contributed by atoms with Crippen molar-refractivity contribution in [1.29, 1.82) is 0 Å². The lowest BCUT2D eigenvalue weighted by atomic mass is 10.1. The first kappa shape index (κ1) is 23.7. The molecular formula is C20H25BrN4O2S2. The Bertz CT molecular complexity index is 851. The summed E-state index contributed by atoms with van der Waals surface area (Å²) in [6, 6.07) is 6.90. The fourth-order valence-corrected chi connectivity index (χ4v) is 3.97. The summed E-state index contributed by atoms with van der Waals surface area (Å²) in [6.45, 7) is 4.03. The number of anilines is 1. The number of hydrogen-bond acceptors (Lipinski definition) is 6. The van der Waals surface area contributed by atoms with Crippen LogP contribution in [0.2, 0.25) is 0 Å². The van der Waals surface area contributed by atoms with Crippen LogP contribution in [-0.4, -0.2) is 45.6 Å². The van der Waals surface area contributed by atoms with Crippen LogP contribution in [0.5, 0.6) is 0 Å². The van der Waals surface area contributed by atoms with Crippen LogP contribution in [0.3, 0.4) is 0 Å². The van der Waals surface area contributed by atoms with E-state index in [0.717, 1.165) is 23.5 Å². The number of carbonyl (C=O) groups excluding carboxylic acids is 2. The largest absolute Gasteiger partial charge is 0.339 e. The summed E-state index contributed by atoms with van der Waals surface area (Å²) in [5.74, 6) is 0.971. The molecule has 0 aliphatic heterocycles. The minimum Gasteiger partial charge on any atom is -0.339 e. The summed E-state index contributed by atoms with van der Waals surface area (Å²) in [4.78, 5) is 34.2. The van der Waals surface area contributed by atoms with E-state index in [9.17, 15) is 9.59 Å². The van der Waals surface area contributed by atoms with E-state index in [0.29, 0.717) is 21.7 Å². The Morgan fingerprint density at radius 3 is 2.76 bits per heavy atom. The van der Waals surface area contributed by atoms with E-state index in [2.05, 4.69) is 43.5 Å². The first-order valence-corrected chi connectivity index (χ1v) is 12.4. The molecule has 2 rings (SSSR count). The van der Waals surface area contributed by atoms with Crippen LogP contribution in [0.25, 0.3) is 0 Å². The van der Waals surface area contributed by atoms with Crippen LogP contribution in [0.4, 0.5) is 5.69 Å². The van der Waals surface area contributed by atoms with Gasteiger partial charge in [0.15, 0.2) is 5.16 Å². The van der Waals surface area contributed by atoms with Gasteiger partial charge in [0, 0.05) is 17.6 Å². The first-order valence-electron chi connectivity index (χ1n) is 9.27. The van der Waals surface area contributed by atoms with Crippen molar-refractivity contribution in [3.8, 4) is 0 Å². The molecule has 1 atom stereocenters. The van der Waals surface area contributed by atoms with E-state index in [-0.39, 0.29) is 11.6 Å². The number of benzene rings is 1. The highest BCUT2D eigenvalue weighted by Gasteiger charge is 2.23. The lowest BCUT2D eigenvalue weighted by Gasteiger charge is -2.18. The molecule has 2 N–H and O–H groups in total. The molecule has 156 valence electrons. The molecule has 0 saturated heterocycles. The summed E-state index contributed by atoms with van der Waals surface area (Å²) in [7, 11) is 0. The maximum absolute atomic E-state index is 12.8. The zero-order chi connectivity index (χ0) is 21.2. The van der Waals surface area contributed by atoms with Crippen LogP contribution in [-0.2, 0) is 4.79 Å². The number of carbonyl (C=O) groups is 2. The fourth-order valence-electron chi connectivity index (χ4n) is 2.46. The third-order valence-electron chi connectivity index (χ3n) is 3.89. The maximum Gasteiger partial charge on any atom is 0.271 e. The Morgan fingerprint density at radius 2 is 2.07 bits per heavy atom. The number of aromatic nitrogens is 2. The smallest absolute Gasteiger partial charge is 0.271 e. The lowest BCUT2D eigenvalue weighted by Crippen LogP contribution is -2.44. The average molecular weight is 497 g/mol. The van der Waals surface area contributed by atoms with Crippen molar-refractivity contribution >= 4 is 57.0 Å². The molecule has 1 aromatic heterocycles. The maximum atomic E-state index is 12.8. The van der Waals surface area contributed by atoms with Crippen LogP contribution in [0.15, 0.2) is 40.1 Å². The SMILES string of the molecule is CCCSc1ncc(Br)c(C(=O)N[C@@H](CCSC)C(=O)Nc2cccc(C)c2)n1. The predicted octanol–water partition coefficient (Wildman–Crippen LogP) is 4.54. The third kappa shape index (κ3) is 7.64. The number of rotatable bonds is 10. The summed E-state index contributed by atoms with van der Waals surface area (Å²) in [5.41, 5.74) is 1.99. The molecule has 29 heavy (non-hydrogen) atoms. The van der Waals surface area contributed by atoms with Crippen LogP contribution >= 0.6 is 39.5 Å². The first-order chi connectivity index (χ1) is 13.9. The van der Waals surface area contributed by atoms with Gasteiger partial charge in [0.1, 0.15) is 11.7 Å². The van der Waals surface area contributed by atoms with Gasteiger partial charge in [-0.3, -0.25) is 9.59 Å². The molecule has 0 radical (unpaired) electrons. The molecule has 9 heteroatoms. The molecule has 1 heterocycles. The molecule has 2 aromatic rings. The lowest BCUT2D eigenvalue weighted by molar-refractivity contribution is -0.118. The minimum atomic E-state index is -0.663. The molecular weight excluding hydrogens is 472 g/mol. The molecule has 0 spiro atoms. The second kappa shape index (κ2) is 12.2. The second-order valence-corrected chi connectivity index (χ2v) is 9.27. The number of nitrogens with one attached hydrogen (secondary N) is 2. The van der Waals surface area contributed by atoms with Crippen LogP contribution < -0.4 is 10.6 Å². The van der Waals surface area contributed by atoms with Crippen LogP contribution in [0, 0.1) is 6.92 Å². The van der Waals surface area contributed by atoms with Gasteiger partial charge in [-0.05, 0) is 65.4 Å². The highest BCUT2D eigenvalue weighted by atomic mass is 79.9. The van der Waals surface area contributed by atoms with Crippen molar-refractivity contribution in [1.82, 2.24) is 15.3 Å². The third-order valence-corrected chi connectivity index (χ3v) is 6.18. The standard InChI is InChI=1S/C20H25BrN4O2S2/c1-4-9-29-20-22-12-15(21)17(25-20)19(27)24-16(8-10-28-3)18(26)23-14-7-5-6-13(2)11-14/h5-7,11-12,16H,4,8-10H2,1-3H3,(H,23,26)(H,24,27)/t16-/m0/s1. The molecule has 0 aliphatic rings. The van der Waals surface area contributed by atoms with E-state index < -0.39 is 11.9 Å². The Balaban J connectivity index is 2.14. The van der Waals surface area contributed by atoms with Crippen molar-refractivity contribution in [2.24, 2.45) is 0 Å². The Hall–Kier alpha value is -1.58. The number of thioether (sulfide) groups is 2. The number of aryl methyl sites for hydroxylation is 1. The number of halogens is 1. The highest BCUT2D eigenvalue weighted by molar-refractivity contribution is 9.10. The minimum absolute atomic E-state index is 0.233. The summed E-state index contributed by atoms with van der Waals surface area (Å²) < 4.78 is 0.499. The van der Waals surface area contributed by atoms with E-state index >= 15 is 0 Å². The van der Waals surface area contributed by atoms with Gasteiger partial charge in [-0.25, -0.2) is 9.97 Å². The van der Waals surface area contributed by atoms with Gasteiger partial charge in [0.25, 0.3) is 5.91 Å². The summed E-state index contributed by atoms with van der Waals surface area (Å²) >= 11 is 6.46. The van der Waals surface area contributed by atoms with Crippen molar-refractivity contribution in [3.05, 3.63) is 46.2 Å². The van der Waals surface area contributed by atoms with Gasteiger partial charge in [-0.1, -0.05) is 30.8 Å². The molecule has 1 aromatic carbocycles. The molecule has 0 saturated carbocycles. The monoisotopic (exact) mass is 496 g/mol. The number of nitrogens with zero attached hydrogens (tertiary/aromatic N) is 2. The van der Waals surface area contributed by atoms with Gasteiger partial charge in [-0.2, -0.15) is 11.8 Å². The number of hydrogen-bond donors (Lipinski definition) is 2. The van der Waals surface area contributed by atoms with Gasteiger partial charge < -0.3 is 10.6 Å². The zero-order valence-corrected chi connectivity index (χ0v) is 19.9. The molecule has 2 amide bonds. The summed E-state index contributed by atoms with van der Waals surface area (Å²) in [6.07, 6.45) is 5.05. The molecule has 0 aliphatic carbocycles. The van der Waals surface area contributed by atoms with Crippen molar-refractivity contribution in [2.45, 2.75) is 37.9 Å². The normalized spacial score (nSPS) is 11.7. The zero-order valence-electron chi connectivity index (χ0n) is 16.7. The Kier molecular flexibility index (Phi) is 9.96. The predicted molar refractivity (Wildman–Crippen MR) is 125 cm³/mol. The Labute approximate surface area is 188 Å². The highest BCUT2D eigenvalue weighted by Crippen LogP contribution is 2.20. The van der Waals surface area contributed by atoms with E-state index in [1.165, 1.54) is 11.8 Å². The average Bonchev–Trinajstić information content (AvgIpc) is 2.70. The Morgan fingerprint density at radius 1 is 1.28 bits per heavy atom. The quantitative estimate of drug-likeness (QED) is 0.371. The molecule has 0 unspecified atom stereocenters. The van der Waals surface area contributed by atoms with Gasteiger partial charge >= 0.3 is 0 Å². The second-order valence-electron chi connectivity index (χ2n) is 6.36. The van der Waals surface area contributed by atoms with Crippen molar-refractivity contribution in [2.75, 3.05) is 23.1 Å². The molecule has 0 bridgehead atoms. The van der Waals surface area contributed by atoms with Crippen molar-refractivity contribution < 1.29 is 9.59 Å². The van der Waals surface area contributed by atoms with Crippen LogP contribution in [0.1, 0.15) is 35.8 Å². The van der Waals surface area contributed by atoms with Crippen molar-refractivity contribution in [3.63, 3.8) is 0 Å². The van der Waals surface area contributed by atoms with Gasteiger partial charge in [0.05, 0.1) is 4.47 Å². The molecule has 6 nitrogen and oxygen atoms in total. The topological polar surface area (TPSA) is 84.0 Å². The number of amides is 2. The van der Waals surface area contributed by atoms with E-state index in [4.69, 9.17) is 0 Å². The van der Waals surface area contributed by atoms with Gasteiger partial charge in [0.2, 0.25) is 5.91 Å². The summed E-state index contributed by atoms with van der Waals surface area (Å²) in [5, 5.41) is 6.27. The molecule has 0 fully saturated rings. The fraction of sp³-hybridized carbons (Fsp3) is 0.400.